The molecule has 3 unspecified atom stereocenters. The van der Waals surface area contributed by atoms with E-state index in [0.29, 0.717) is 16.2 Å². The maximum atomic E-state index is 12.8. The van der Waals surface area contributed by atoms with Crippen molar-refractivity contribution in [3.8, 4) is 0 Å². The van der Waals surface area contributed by atoms with Crippen LogP contribution in [0.4, 0.5) is 0 Å². The van der Waals surface area contributed by atoms with Gasteiger partial charge in [-0.2, -0.15) is 0 Å². The first-order valence-electron chi connectivity index (χ1n) is 9.13. The van der Waals surface area contributed by atoms with Crippen molar-refractivity contribution in [2.24, 2.45) is 11.8 Å². The molecule has 4 rings (SSSR count). The number of halogens is 1. The number of aliphatic hydroxyl groups is 1. The summed E-state index contributed by atoms with van der Waals surface area (Å²) in [5, 5.41) is 8.98. The lowest BCUT2D eigenvalue weighted by Crippen LogP contribution is -2.41. The summed E-state index contributed by atoms with van der Waals surface area (Å²) in [6, 6.07) is 9.54. The molecule has 2 aromatic rings. The standard InChI is InChI=1S/C20H22ClNO3S2/c21-18-7-8-19(26-18)27(24,25)22-20-15-5-6-16(20)12-17-10-13(2-1-9-23)3-4-14(17)11-15/h1-4,7-8,10,15-16,20,22-23H,5-6,9,11-12H2. The largest absolute Gasteiger partial charge is 0.392 e. The second-order valence-electron chi connectivity index (χ2n) is 7.32. The van der Waals surface area contributed by atoms with Crippen molar-refractivity contribution in [1.82, 2.24) is 4.72 Å². The fourth-order valence-corrected chi connectivity index (χ4v) is 7.27. The molecule has 0 spiro atoms. The summed E-state index contributed by atoms with van der Waals surface area (Å²) < 4.78 is 29.3. The van der Waals surface area contributed by atoms with Gasteiger partial charge < -0.3 is 5.11 Å². The first-order chi connectivity index (χ1) is 13.0. The van der Waals surface area contributed by atoms with E-state index >= 15 is 0 Å². The molecular weight excluding hydrogens is 402 g/mol. The van der Waals surface area contributed by atoms with E-state index in [2.05, 4.69) is 22.9 Å². The summed E-state index contributed by atoms with van der Waals surface area (Å²) in [5.41, 5.74) is 3.68. The summed E-state index contributed by atoms with van der Waals surface area (Å²) >= 11 is 7.02. The van der Waals surface area contributed by atoms with Gasteiger partial charge in [0.1, 0.15) is 4.21 Å². The third-order valence-electron chi connectivity index (χ3n) is 5.64. The molecule has 27 heavy (non-hydrogen) atoms. The number of benzene rings is 1. The highest BCUT2D eigenvalue weighted by Gasteiger charge is 2.41. The monoisotopic (exact) mass is 423 g/mol. The third-order valence-corrected chi connectivity index (χ3v) is 8.82. The maximum absolute atomic E-state index is 12.8. The van der Waals surface area contributed by atoms with Crippen molar-refractivity contribution < 1.29 is 13.5 Å². The quantitative estimate of drug-likeness (QED) is 0.766. The Morgan fingerprint density at radius 2 is 1.89 bits per heavy atom. The molecule has 144 valence electrons. The minimum absolute atomic E-state index is 0.0262. The highest BCUT2D eigenvalue weighted by atomic mass is 35.5. The molecular formula is C20H22ClNO3S2. The number of nitrogens with one attached hydrogen (secondary N) is 1. The molecule has 3 atom stereocenters. The van der Waals surface area contributed by atoms with Crippen LogP contribution in [-0.2, 0) is 22.9 Å². The Hall–Kier alpha value is -1.18. The Labute approximate surface area is 168 Å². The summed E-state index contributed by atoms with van der Waals surface area (Å²) in [6.45, 7) is 0.0262. The van der Waals surface area contributed by atoms with Gasteiger partial charge in [0, 0.05) is 6.04 Å². The van der Waals surface area contributed by atoms with Crippen LogP contribution in [0.3, 0.4) is 0 Å². The SMILES string of the molecule is O=S(=O)(NC1C2CCC1Cc1cc(C=CCO)ccc1C2)c1ccc(Cl)s1. The van der Waals surface area contributed by atoms with Crippen LogP contribution in [0.15, 0.2) is 40.6 Å². The molecule has 2 aliphatic rings. The lowest BCUT2D eigenvalue weighted by molar-refractivity contribution is 0.343. The van der Waals surface area contributed by atoms with Crippen molar-refractivity contribution in [2.45, 2.75) is 35.9 Å². The fraction of sp³-hybridized carbons (Fsp3) is 0.400. The number of sulfonamides is 1. The van der Waals surface area contributed by atoms with Crippen LogP contribution in [0.2, 0.25) is 4.34 Å². The second kappa shape index (κ2) is 7.68. The Morgan fingerprint density at radius 3 is 2.56 bits per heavy atom. The van der Waals surface area contributed by atoms with E-state index in [9.17, 15) is 8.42 Å². The normalized spacial score (nSPS) is 24.9. The number of thiophene rings is 1. The molecule has 2 bridgehead atoms. The summed E-state index contributed by atoms with van der Waals surface area (Å²) in [4.78, 5) is 0. The minimum Gasteiger partial charge on any atom is -0.392 e. The Morgan fingerprint density at radius 1 is 1.15 bits per heavy atom. The molecule has 2 N–H and O–H groups in total. The van der Waals surface area contributed by atoms with Crippen LogP contribution >= 0.6 is 22.9 Å². The summed E-state index contributed by atoms with van der Waals surface area (Å²) in [5.74, 6) is 0.624. The fourth-order valence-electron chi connectivity index (χ4n) is 4.39. The second-order valence-corrected chi connectivity index (χ2v) is 11.0. The topological polar surface area (TPSA) is 66.4 Å². The first kappa shape index (κ1) is 19.2. The van der Waals surface area contributed by atoms with Crippen molar-refractivity contribution in [3.63, 3.8) is 0 Å². The third kappa shape index (κ3) is 4.00. The summed E-state index contributed by atoms with van der Waals surface area (Å²) in [6.07, 6.45) is 7.52. The zero-order chi connectivity index (χ0) is 19.0. The van der Waals surface area contributed by atoms with Crippen LogP contribution in [0.25, 0.3) is 6.08 Å². The van der Waals surface area contributed by atoms with Crippen LogP contribution < -0.4 is 4.72 Å². The predicted octanol–water partition coefficient (Wildman–Crippen LogP) is 3.88. The van der Waals surface area contributed by atoms with Gasteiger partial charge in [-0.1, -0.05) is 42.0 Å². The van der Waals surface area contributed by atoms with Gasteiger partial charge in [0.2, 0.25) is 10.0 Å². The Bertz CT molecular complexity index is 967. The smallest absolute Gasteiger partial charge is 0.250 e. The van der Waals surface area contributed by atoms with Gasteiger partial charge in [0.15, 0.2) is 0 Å². The van der Waals surface area contributed by atoms with Crippen LogP contribution in [-0.4, -0.2) is 26.2 Å². The maximum Gasteiger partial charge on any atom is 0.250 e. The molecule has 1 heterocycles. The molecule has 0 aliphatic heterocycles. The van der Waals surface area contributed by atoms with E-state index in [1.165, 1.54) is 11.1 Å². The number of hydrogen-bond acceptors (Lipinski definition) is 4. The molecule has 7 heteroatoms. The van der Waals surface area contributed by atoms with E-state index in [1.807, 2.05) is 6.08 Å². The van der Waals surface area contributed by atoms with E-state index in [1.54, 1.807) is 18.2 Å². The van der Waals surface area contributed by atoms with Gasteiger partial charge >= 0.3 is 0 Å². The summed E-state index contributed by atoms with van der Waals surface area (Å²) in [7, 11) is -3.54. The number of aliphatic hydroxyl groups excluding tert-OH is 1. The zero-order valence-electron chi connectivity index (χ0n) is 14.8. The molecule has 1 fully saturated rings. The lowest BCUT2D eigenvalue weighted by atomic mass is 9.92. The average molecular weight is 424 g/mol. The predicted molar refractivity (Wildman–Crippen MR) is 110 cm³/mol. The van der Waals surface area contributed by atoms with Crippen molar-refractivity contribution in [1.29, 1.82) is 0 Å². The first-order valence-corrected chi connectivity index (χ1v) is 11.8. The number of rotatable bonds is 5. The molecule has 1 aromatic heterocycles. The van der Waals surface area contributed by atoms with Crippen LogP contribution in [0.5, 0.6) is 0 Å². The number of hydrogen-bond donors (Lipinski definition) is 2. The zero-order valence-corrected chi connectivity index (χ0v) is 17.2. The molecule has 0 amide bonds. The van der Waals surface area contributed by atoms with E-state index in [-0.39, 0.29) is 16.9 Å². The van der Waals surface area contributed by atoms with E-state index < -0.39 is 10.0 Å². The lowest BCUT2D eigenvalue weighted by Gasteiger charge is -2.23. The van der Waals surface area contributed by atoms with Crippen LogP contribution in [0, 0.1) is 11.8 Å². The number of fused-ring (bicyclic) bond motifs is 3. The highest BCUT2D eigenvalue weighted by molar-refractivity contribution is 7.91. The van der Waals surface area contributed by atoms with Gasteiger partial charge in [-0.15, -0.1) is 11.3 Å². The molecule has 0 radical (unpaired) electrons. The van der Waals surface area contributed by atoms with Gasteiger partial charge in [0.05, 0.1) is 10.9 Å². The Balaban J connectivity index is 1.58. The van der Waals surface area contributed by atoms with Gasteiger partial charge in [-0.25, -0.2) is 13.1 Å². The van der Waals surface area contributed by atoms with E-state index in [0.717, 1.165) is 42.6 Å². The van der Waals surface area contributed by atoms with Crippen LogP contribution in [0.1, 0.15) is 29.5 Å². The van der Waals surface area contributed by atoms with Crippen molar-refractivity contribution >= 4 is 39.0 Å². The molecule has 2 aliphatic carbocycles. The molecule has 1 saturated carbocycles. The van der Waals surface area contributed by atoms with Crippen molar-refractivity contribution in [2.75, 3.05) is 6.61 Å². The van der Waals surface area contributed by atoms with Gasteiger partial charge in [0.25, 0.3) is 0 Å². The van der Waals surface area contributed by atoms with Gasteiger partial charge in [-0.3, -0.25) is 0 Å². The average Bonchev–Trinajstić information content (AvgIpc) is 3.17. The minimum atomic E-state index is -3.54. The highest BCUT2D eigenvalue weighted by Crippen LogP contribution is 2.41. The van der Waals surface area contributed by atoms with Crippen molar-refractivity contribution in [3.05, 3.63) is 57.4 Å². The van der Waals surface area contributed by atoms with Gasteiger partial charge in [-0.05, 0) is 66.3 Å². The Kier molecular flexibility index (Phi) is 5.45. The molecule has 4 nitrogen and oxygen atoms in total. The van der Waals surface area contributed by atoms with E-state index in [4.69, 9.17) is 16.7 Å². The molecule has 0 saturated heterocycles. The molecule has 1 aromatic carbocycles.